The Morgan fingerprint density at radius 3 is 0.500 bits per heavy atom. The second-order valence-electron chi connectivity index (χ2n) is 15.7. The van der Waals surface area contributed by atoms with Crippen molar-refractivity contribution in [2.24, 2.45) is 0 Å². The van der Waals surface area contributed by atoms with Crippen molar-refractivity contribution in [3.8, 4) is 34.5 Å². The van der Waals surface area contributed by atoms with Gasteiger partial charge in [0.05, 0.1) is 39.6 Å². The van der Waals surface area contributed by atoms with E-state index in [1.165, 1.54) is 0 Å². The van der Waals surface area contributed by atoms with Gasteiger partial charge in [0.2, 0.25) is 0 Å². The maximum atomic E-state index is 6.17. The zero-order valence-electron chi connectivity index (χ0n) is 42.6. The number of hydrogen-bond donors (Lipinski definition) is 0. The summed E-state index contributed by atoms with van der Waals surface area (Å²) in [4.78, 5) is 0. The third kappa shape index (κ3) is 21.2. The Bertz CT molecular complexity index is 2140. The Morgan fingerprint density at radius 1 is 0.222 bits per heavy atom. The highest BCUT2D eigenvalue weighted by molar-refractivity contribution is 5.84. The Labute approximate surface area is 433 Å². The van der Waals surface area contributed by atoms with Crippen LogP contribution in [0.15, 0.2) is 36.4 Å². The average molecular weight is 949 g/mol. The first-order valence-corrected chi connectivity index (χ1v) is 24.9. The molecule has 0 atom stereocenters. The number of rotatable bonds is 24. The molecule has 0 heterocycles. The van der Waals surface area contributed by atoms with Crippen LogP contribution in [0, 0.1) is 146 Å². The zero-order chi connectivity index (χ0) is 51.1. The molecule has 0 saturated carbocycles. The Balaban J connectivity index is 1.98. The van der Waals surface area contributed by atoms with Crippen LogP contribution in [-0.2, 0) is 0 Å². The van der Waals surface area contributed by atoms with Crippen molar-refractivity contribution in [1.29, 1.82) is 0 Å². The molecule has 360 valence electrons. The molecular weight excluding hydrogens is 889 g/mol. The average Bonchev–Trinajstić information content (AvgIpc) is 3.38. The van der Waals surface area contributed by atoms with Gasteiger partial charge in [0.15, 0.2) is 34.5 Å². The molecule has 0 amide bonds. The standard InChI is InChI=1S/C66H60O6/c1-7-13-43-67-61-49-55-37-31-25-19-20-27-33-39-57-51-63(69-45-15-9-3)65(71-47-17-11-5)53-59(57)41-35-29-23-24-30-36-42-60-54-66(72-48-18-12-6)64(70-46-16-10-4)52-58(60)40-34-28-22-21-26-32-38-56(55)50-62(61)68-44-14-8-2/h49-54H,7-18,43-48H2,1-6H3. The summed E-state index contributed by atoms with van der Waals surface area (Å²) in [6.45, 7) is 15.9. The SMILES string of the molecule is CCCCOc1cc2c#cc#cc#cc#cc3cc(OCCCC)c(OCCCC)cc3c#cc#cc#cc#cc3cc(OCCCC)c(OCCCC)cc3c#cc#cc#cc#cc2cc1OCCCC. The molecule has 0 aliphatic heterocycles. The normalized spacial score (nSPS) is 8.92. The van der Waals surface area contributed by atoms with Crippen molar-refractivity contribution in [3.05, 3.63) is 182 Å². The van der Waals surface area contributed by atoms with Crippen LogP contribution in [-0.4, -0.2) is 39.6 Å². The molecule has 0 bridgehead atoms. The predicted molar refractivity (Wildman–Crippen MR) is 279 cm³/mol. The molecule has 0 aliphatic rings. The molecule has 0 aliphatic carbocycles. The number of unbranched alkanes of at least 4 members (excludes halogenated alkanes) is 6. The van der Waals surface area contributed by atoms with E-state index in [2.05, 4.69) is 187 Å². The quantitative estimate of drug-likeness (QED) is 0.0653. The molecule has 6 nitrogen and oxygen atoms in total. The van der Waals surface area contributed by atoms with E-state index in [1.54, 1.807) is 0 Å². The van der Waals surface area contributed by atoms with E-state index in [0.717, 1.165) is 77.0 Å². The van der Waals surface area contributed by atoms with E-state index in [4.69, 9.17) is 28.4 Å². The maximum absolute atomic E-state index is 6.17. The van der Waals surface area contributed by atoms with Gasteiger partial charge in [-0.05, 0) is 148 Å². The molecule has 0 aromatic heterocycles. The molecular formula is C66H60O6. The molecule has 4 aromatic carbocycles. The van der Waals surface area contributed by atoms with Crippen molar-refractivity contribution in [2.45, 2.75) is 119 Å². The van der Waals surface area contributed by atoms with Gasteiger partial charge in [-0.25, -0.2) is 0 Å². The summed E-state index contributed by atoms with van der Waals surface area (Å²) in [6.07, 6.45) is 11.2. The molecule has 72 heavy (non-hydrogen) atoms. The molecule has 0 spiro atoms. The van der Waals surface area contributed by atoms with Gasteiger partial charge in [-0.3, -0.25) is 0 Å². The highest BCUT2D eigenvalue weighted by atomic mass is 16.5. The lowest BCUT2D eigenvalue weighted by molar-refractivity contribution is 0.262. The minimum atomic E-state index is 0.532. The summed E-state index contributed by atoms with van der Waals surface area (Å²) in [5.74, 6) is 3.51. The molecule has 0 N–H and O–H groups in total. The molecule has 0 unspecified atom stereocenters. The highest BCUT2D eigenvalue weighted by Crippen LogP contribution is 2.34. The maximum Gasteiger partial charge on any atom is 0.162 e. The minimum Gasteiger partial charge on any atom is -0.490 e. The van der Waals surface area contributed by atoms with Crippen LogP contribution in [0.1, 0.15) is 119 Å². The minimum absolute atomic E-state index is 0.532. The van der Waals surface area contributed by atoms with E-state index < -0.39 is 0 Å². The van der Waals surface area contributed by atoms with Gasteiger partial charge in [0, 0.05) is 68.7 Å². The van der Waals surface area contributed by atoms with Crippen LogP contribution in [0.5, 0.6) is 34.5 Å². The highest BCUT2D eigenvalue weighted by Gasteiger charge is 2.10. The monoisotopic (exact) mass is 948 g/mol. The number of ether oxygens (including phenoxy) is 6. The van der Waals surface area contributed by atoms with E-state index in [0.29, 0.717) is 106 Å². The lowest BCUT2D eigenvalue weighted by Gasteiger charge is -2.12. The predicted octanol–water partition coefficient (Wildman–Crippen LogP) is 14.2. The van der Waals surface area contributed by atoms with Crippen molar-refractivity contribution < 1.29 is 28.4 Å². The first-order chi connectivity index (χ1) is 35.5. The summed E-state index contributed by atoms with van der Waals surface area (Å²) in [6, 6.07) is 80.8. The van der Waals surface area contributed by atoms with Crippen LogP contribution < -0.4 is 28.4 Å². The fourth-order valence-electron chi connectivity index (χ4n) is 5.90. The molecule has 4 rings (SSSR count). The van der Waals surface area contributed by atoms with Gasteiger partial charge >= 0.3 is 0 Å². The van der Waals surface area contributed by atoms with E-state index in [1.807, 2.05) is 36.4 Å². The van der Waals surface area contributed by atoms with Gasteiger partial charge in [-0.1, -0.05) is 116 Å². The molecule has 4 aromatic rings. The summed E-state index contributed by atoms with van der Waals surface area (Å²) < 4.78 is 37.0. The summed E-state index contributed by atoms with van der Waals surface area (Å²) in [5.41, 5.74) is 0. The topological polar surface area (TPSA) is 55.4 Å². The zero-order valence-corrected chi connectivity index (χ0v) is 42.6. The van der Waals surface area contributed by atoms with Crippen LogP contribution in [0.4, 0.5) is 0 Å². The fourth-order valence-corrected chi connectivity index (χ4v) is 5.90. The van der Waals surface area contributed by atoms with Crippen molar-refractivity contribution in [2.75, 3.05) is 39.6 Å². The van der Waals surface area contributed by atoms with Gasteiger partial charge in [0.1, 0.15) is 0 Å². The second-order valence-corrected chi connectivity index (χ2v) is 15.7. The molecule has 0 radical (unpaired) electrons. The van der Waals surface area contributed by atoms with Crippen LogP contribution >= 0.6 is 0 Å². The lowest BCUT2D eigenvalue weighted by Crippen LogP contribution is -2.02. The third-order valence-electron chi connectivity index (χ3n) is 9.90. The van der Waals surface area contributed by atoms with Crippen molar-refractivity contribution >= 4 is 32.3 Å². The van der Waals surface area contributed by atoms with Crippen LogP contribution in [0.2, 0.25) is 0 Å². The summed E-state index contributed by atoms with van der Waals surface area (Å²) in [7, 11) is 0. The molecule has 0 saturated heterocycles. The van der Waals surface area contributed by atoms with E-state index >= 15 is 0 Å². The number of benzene rings is 3. The fraction of sp³-hybridized carbons (Fsp3) is 0.364. The summed E-state index contributed by atoms with van der Waals surface area (Å²) in [5, 5.41) is 3.58. The Morgan fingerprint density at radius 2 is 0.361 bits per heavy atom. The first-order valence-electron chi connectivity index (χ1n) is 24.9. The molecule has 0 fully saturated rings. The largest absolute Gasteiger partial charge is 0.490 e. The van der Waals surface area contributed by atoms with Crippen molar-refractivity contribution in [1.82, 2.24) is 0 Å². The van der Waals surface area contributed by atoms with Crippen molar-refractivity contribution in [3.63, 3.8) is 0 Å². The first kappa shape index (κ1) is 55.8. The summed E-state index contributed by atoms with van der Waals surface area (Å²) >= 11 is 0. The third-order valence-corrected chi connectivity index (χ3v) is 9.90. The van der Waals surface area contributed by atoms with E-state index in [9.17, 15) is 0 Å². The van der Waals surface area contributed by atoms with Gasteiger partial charge in [-0.15, -0.1) is 0 Å². The van der Waals surface area contributed by atoms with Crippen LogP contribution in [0.25, 0.3) is 32.3 Å². The van der Waals surface area contributed by atoms with Crippen LogP contribution in [0.3, 0.4) is 0 Å². The Kier molecular flexibility index (Phi) is 27.4. The smallest absolute Gasteiger partial charge is 0.162 e. The van der Waals surface area contributed by atoms with Gasteiger partial charge in [-0.2, -0.15) is 0 Å². The molecule has 6 heteroatoms. The Hall–Kier alpha value is -8.82. The van der Waals surface area contributed by atoms with Gasteiger partial charge < -0.3 is 28.4 Å². The number of fused-ring (bicyclic) bond motifs is 3. The lowest BCUT2D eigenvalue weighted by atomic mass is 10.2. The van der Waals surface area contributed by atoms with E-state index in [-0.39, 0.29) is 0 Å². The number of hydrogen-bond acceptors (Lipinski definition) is 6. The van der Waals surface area contributed by atoms with Gasteiger partial charge in [0.25, 0.3) is 0 Å². The second kappa shape index (κ2) is 35.3.